The number of halogens is 1. The van der Waals surface area contributed by atoms with E-state index >= 15 is 0 Å². The summed E-state index contributed by atoms with van der Waals surface area (Å²) in [6.45, 7) is 9.68. The van der Waals surface area contributed by atoms with Crippen molar-refractivity contribution in [3.8, 4) is 0 Å². The lowest BCUT2D eigenvalue weighted by Crippen LogP contribution is -2.25. The highest BCUT2D eigenvalue weighted by Crippen LogP contribution is 2.10. The lowest BCUT2D eigenvalue weighted by molar-refractivity contribution is 0.293. The SMILES string of the molecule is CCC(C)n1ccc(CN(CC)CCBr)n1. The molecule has 0 bridgehead atoms. The summed E-state index contributed by atoms with van der Waals surface area (Å²) in [5.74, 6) is 0. The maximum absolute atomic E-state index is 4.61. The Labute approximate surface area is 107 Å². The molecule has 0 spiro atoms. The van der Waals surface area contributed by atoms with Gasteiger partial charge in [-0.25, -0.2) is 0 Å². The predicted molar refractivity (Wildman–Crippen MR) is 72.0 cm³/mol. The Kier molecular flexibility index (Phi) is 6.06. The van der Waals surface area contributed by atoms with Crippen molar-refractivity contribution < 1.29 is 0 Å². The van der Waals surface area contributed by atoms with E-state index in [2.05, 4.69) is 63.6 Å². The van der Waals surface area contributed by atoms with Gasteiger partial charge in [0.25, 0.3) is 0 Å². The molecule has 0 aromatic carbocycles. The first-order valence-electron chi connectivity index (χ1n) is 6.03. The van der Waals surface area contributed by atoms with Crippen molar-refractivity contribution in [2.75, 3.05) is 18.4 Å². The average Bonchev–Trinajstić information content (AvgIpc) is 2.76. The van der Waals surface area contributed by atoms with Crippen LogP contribution in [0, 0.1) is 0 Å². The predicted octanol–water partition coefficient (Wildman–Crippen LogP) is 3.07. The number of hydrogen-bond acceptors (Lipinski definition) is 2. The number of hydrogen-bond donors (Lipinski definition) is 0. The van der Waals surface area contributed by atoms with Crippen molar-refractivity contribution in [3.05, 3.63) is 18.0 Å². The summed E-state index contributed by atoms with van der Waals surface area (Å²) in [5, 5.41) is 5.63. The van der Waals surface area contributed by atoms with Gasteiger partial charge >= 0.3 is 0 Å². The summed E-state index contributed by atoms with van der Waals surface area (Å²) in [4.78, 5) is 2.39. The van der Waals surface area contributed by atoms with Gasteiger partial charge in [0.05, 0.1) is 5.69 Å². The van der Waals surface area contributed by atoms with Crippen LogP contribution in [-0.2, 0) is 6.54 Å². The normalized spacial score (nSPS) is 13.3. The number of nitrogens with zero attached hydrogens (tertiary/aromatic N) is 3. The zero-order valence-corrected chi connectivity index (χ0v) is 12.1. The molecule has 0 fully saturated rings. The standard InChI is InChI=1S/C12H22BrN3/c1-4-11(3)16-8-6-12(14-16)10-15(5-2)9-7-13/h6,8,11H,4-5,7,9-10H2,1-3H3. The average molecular weight is 288 g/mol. The van der Waals surface area contributed by atoms with Gasteiger partial charge in [-0.05, 0) is 26.0 Å². The molecule has 1 rings (SSSR count). The molecule has 0 saturated heterocycles. The second kappa shape index (κ2) is 7.07. The van der Waals surface area contributed by atoms with Crippen LogP contribution in [0.25, 0.3) is 0 Å². The highest BCUT2D eigenvalue weighted by Gasteiger charge is 2.07. The third-order valence-corrected chi connectivity index (χ3v) is 3.29. The van der Waals surface area contributed by atoms with E-state index in [1.165, 1.54) is 5.69 Å². The lowest BCUT2D eigenvalue weighted by Gasteiger charge is -2.17. The van der Waals surface area contributed by atoms with Crippen LogP contribution in [0.2, 0.25) is 0 Å². The molecule has 0 radical (unpaired) electrons. The molecule has 0 aliphatic rings. The molecule has 92 valence electrons. The molecule has 1 unspecified atom stereocenters. The second-order valence-corrected chi connectivity index (χ2v) is 4.90. The molecule has 1 aromatic heterocycles. The number of rotatable bonds is 7. The van der Waals surface area contributed by atoms with Crippen LogP contribution < -0.4 is 0 Å². The van der Waals surface area contributed by atoms with E-state index in [-0.39, 0.29) is 0 Å². The van der Waals surface area contributed by atoms with E-state index in [0.717, 1.165) is 31.4 Å². The maximum atomic E-state index is 4.61. The third-order valence-electron chi connectivity index (χ3n) is 2.94. The van der Waals surface area contributed by atoms with Crippen molar-refractivity contribution in [3.63, 3.8) is 0 Å². The molecule has 1 atom stereocenters. The summed E-state index contributed by atoms with van der Waals surface area (Å²) < 4.78 is 2.07. The third kappa shape index (κ3) is 3.91. The van der Waals surface area contributed by atoms with Crippen molar-refractivity contribution in [2.45, 2.75) is 39.8 Å². The fraction of sp³-hybridized carbons (Fsp3) is 0.750. The van der Waals surface area contributed by atoms with Crippen molar-refractivity contribution >= 4 is 15.9 Å². The topological polar surface area (TPSA) is 21.1 Å². The summed E-state index contributed by atoms with van der Waals surface area (Å²) in [6, 6.07) is 2.63. The molecule has 0 aliphatic heterocycles. The second-order valence-electron chi connectivity index (χ2n) is 4.10. The van der Waals surface area contributed by atoms with Crippen LogP contribution >= 0.6 is 15.9 Å². The van der Waals surface area contributed by atoms with Gasteiger partial charge in [0.2, 0.25) is 0 Å². The maximum Gasteiger partial charge on any atom is 0.0764 e. The van der Waals surface area contributed by atoms with E-state index < -0.39 is 0 Å². The first-order valence-corrected chi connectivity index (χ1v) is 7.15. The van der Waals surface area contributed by atoms with E-state index in [0.29, 0.717) is 6.04 Å². The molecular weight excluding hydrogens is 266 g/mol. The molecule has 0 amide bonds. The monoisotopic (exact) mass is 287 g/mol. The molecular formula is C12H22BrN3. The highest BCUT2D eigenvalue weighted by atomic mass is 79.9. The van der Waals surface area contributed by atoms with Crippen LogP contribution in [0.3, 0.4) is 0 Å². The van der Waals surface area contributed by atoms with Gasteiger partial charge in [-0.2, -0.15) is 5.10 Å². The van der Waals surface area contributed by atoms with Crippen molar-refractivity contribution in [1.82, 2.24) is 14.7 Å². The van der Waals surface area contributed by atoms with Gasteiger partial charge in [-0.1, -0.05) is 29.8 Å². The Morgan fingerprint density at radius 3 is 2.81 bits per heavy atom. The highest BCUT2D eigenvalue weighted by molar-refractivity contribution is 9.09. The summed E-state index contributed by atoms with van der Waals surface area (Å²) in [5.41, 5.74) is 1.17. The fourth-order valence-electron chi connectivity index (χ4n) is 1.59. The lowest BCUT2D eigenvalue weighted by atomic mass is 10.3. The Morgan fingerprint density at radius 2 is 2.25 bits per heavy atom. The van der Waals surface area contributed by atoms with Gasteiger partial charge in [0.1, 0.15) is 0 Å². The molecule has 1 aromatic rings. The van der Waals surface area contributed by atoms with E-state index in [4.69, 9.17) is 0 Å². The molecule has 3 nitrogen and oxygen atoms in total. The first kappa shape index (κ1) is 13.7. The Morgan fingerprint density at radius 1 is 1.50 bits per heavy atom. The minimum Gasteiger partial charge on any atom is -0.297 e. The molecule has 0 N–H and O–H groups in total. The quantitative estimate of drug-likeness (QED) is 0.719. The Hall–Kier alpha value is -0.350. The molecule has 0 saturated carbocycles. The zero-order valence-electron chi connectivity index (χ0n) is 10.5. The number of aromatic nitrogens is 2. The van der Waals surface area contributed by atoms with Crippen LogP contribution in [-0.4, -0.2) is 33.1 Å². The van der Waals surface area contributed by atoms with Crippen LogP contribution in [0.15, 0.2) is 12.3 Å². The zero-order chi connectivity index (χ0) is 12.0. The minimum atomic E-state index is 0.500. The first-order chi connectivity index (χ1) is 7.71. The summed E-state index contributed by atoms with van der Waals surface area (Å²) in [7, 11) is 0. The summed E-state index contributed by atoms with van der Waals surface area (Å²) >= 11 is 3.48. The molecule has 16 heavy (non-hydrogen) atoms. The molecule has 1 heterocycles. The van der Waals surface area contributed by atoms with Gasteiger partial charge in [0, 0.05) is 30.7 Å². The van der Waals surface area contributed by atoms with E-state index in [1.54, 1.807) is 0 Å². The van der Waals surface area contributed by atoms with Gasteiger partial charge in [0.15, 0.2) is 0 Å². The number of alkyl halides is 1. The van der Waals surface area contributed by atoms with Gasteiger partial charge < -0.3 is 0 Å². The smallest absolute Gasteiger partial charge is 0.0764 e. The Balaban J connectivity index is 2.56. The fourth-order valence-corrected chi connectivity index (χ4v) is 2.09. The molecule has 4 heteroatoms. The van der Waals surface area contributed by atoms with Gasteiger partial charge in [-0.3, -0.25) is 9.58 Å². The van der Waals surface area contributed by atoms with Crippen molar-refractivity contribution in [1.29, 1.82) is 0 Å². The van der Waals surface area contributed by atoms with E-state index in [1.807, 2.05) is 0 Å². The van der Waals surface area contributed by atoms with Crippen molar-refractivity contribution in [2.24, 2.45) is 0 Å². The van der Waals surface area contributed by atoms with Crippen LogP contribution in [0.1, 0.15) is 38.9 Å². The van der Waals surface area contributed by atoms with Gasteiger partial charge in [-0.15, -0.1) is 0 Å². The molecule has 0 aliphatic carbocycles. The minimum absolute atomic E-state index is 0.500. The summed E-state index contributed by atoms with van der Waals surface area (Å²) in [6.07, 6.45) is 3.21. The Bertz CT molecular complexity index is 298. The van der Waals surface area contributed by atoms with Crippen LogP contribution in [0.5, 0.6) is 0 Å². The largest absolute Gasteiger partial charge is 0.297 e. The van der Waals surface area contributed by atoms with Crippen LogP contribution in [0.4, 0.5) is 0 Å². The van der Waals surface area contributed by atoms with E-state index in [9.17, 15) is 0 Å².